The summed E-state index contributed by atoms with van der Waals surface area (Å²) in [6.07, 6.45) is -0.403. The lowest BCUT2D eigenvalue weighted by Gasteiger charge is -2.08. The van der Waals surface area contributed by atoms with Gasteiger partial charge in [0.1, 0.15) is 0 Å². The molecular weight excluding hydrogens is 270 g/mol. The minimum Gasteiger partial charge on any atom is -0.294 e. The van der Waals surface area contributed by atoms with E-state index < -0.39 is 16.0 Å². The first kappa shape index (κ1) is 13.5. The van der Waals surface area contributed by atoms with Crippen LogP contribution < -0.4 is 0 Å². The predicted molar refractivity (Wildman–Crippen MR) is 65.4 cm³/mol. The van der Waals surface area contributed by atoms with Gasteiger partial charge in [0.05, 0.1) is 6.42 Å². The molecule has 0 fully saturated rings. The van der Waals surface area contributed by atoms with Crippen LogP contribution in [0.1, 0.15) is 22.3 Å². The maximum atomic E-state index is 11.6. The van der Waals surface area contributed by atoms with E-state index in [1.165, 1.54) is 0 Å². The Kier molecular flexibility index (Phi) is 4.36. The third kappa shape index (κ3) is 3.78. The Morgan fingerprint density at radius 3 is 2.06 bits per heavy atom. The highest BCUT2D eigenvalue weighted by atomic mass is 35.6. The van der Waals surface area contributed by atoms with Crippen LogP contribution in [0.5, 0.6) is 0 Å². The van der Waals surface area contributed by atoms with Gasteiger partial charge in [0.25, 0.3) is 0 Å². The van der Waals surface area contributed by atoms with Crippen LogP contribution in [0.3, 0.4) is 0 Å². The van der Waals surface area contributed by atoms with E-state index >= 15 is 0 Å². The molecule has 0 spiro atoms. The fraction of sp³-hybridized carbons (Fsp3) is 0.273. The molecule has 5 heteroatoms. The van der Waals surface area contributed by atoms with Gasteiger partial charge >= 0.3 is 0 Å². The van der Waals surface area contributed by atoms with Crippen molar-refractivity contribution < 1.29 is 9.59 Å². The molecule has 1 rings (SSSR count). The highest BCUT2D eigenvalue weighted by molar-refractivity contribution is 6.76. The number of aryl methyl sites for hydroxylation is 1. The van der Waals surface area contributed by atoms with Gasteiger partial charge in [-0.25, -0.2) is 0 Å². The molecule has 86 valence electrons. The maximum Gasteiger partial charge on any atom is 0.249 e. The minimum atomic E-state index is -2.03. The zero-order valence-electron chi connectivity index (χ0n) is 8.47. The molecule has 1 aromatic carbocycles. The Labute approximate surface area is 108 Å². The molecule has 0 unspecified atom stereocenters. The highest BCUT2D eigenvalue weighted by Crippen LogP contribution is 2.28. The van der Waals surface area contributed by atoms with Crippen molar-refractivity contribution in [3.63, 3.8) is 0 Å². The van der Waals surface area contributed by atoms with E-state index in [2.05, 4.69) is 0 Å². The van der Waals surface area contributed by atoms with Gasteiger partial charge in [-0.1, -0.05) is 64.6 Å². The van der Waals surface area contributed by atoms with Crippen LogP contribution in [0.25, 0.3) is 0 Å². The first-order valence-corrected chi connectivity index (χ1v) is 5.64. The van der Waals surface area contributed by atoms with Crippen molar-refractivity contribution in [2.45, 2.75) is 17.1 Å². The second-order valence-electron chi connectivity index (χ2n) is 3.39. The highest BCUT2D eigenvalue weighted by Gasteiger charge is 2.31. The number of ketones is 2. The Bertz CT molecular complexity index is 404. The third-order valence-corrected chi connectivity index (χ3v) is 2.64. The molecule has 0 atom stereocenters. The molecule has 16 heavy (non-hydrogen) atoms. The van der Waals surface area contributed by atoms with Crippen molar-refractivity contribution in [3.8, 4) is 0 Å². The van der Waals surface area contributed by atoms with Crippen molar-refractivity contribution in [1.82, 2.24) is 0 Å². The largest absolute Gasteiger partial charge is 0.294 e. The van der Waals surface area contributed by atoms with Crippen LogP contribution in [-0.2, 0) is 4.79 Å². The molecule has 0 N–H and O–H groups in total. The molecule has 0 heterocycles. The Hall–Kier alpha value is -0.570. The summed E-state index contributed by atoms with van der Waals surface area (Å²) in [5.74, 6) is -1.07. The molecule has 0 radical (unpaired) electrons. The monoisotopic (exact) mass is 278 g/mol. The second kappa shape index (κ2) is 5.17. The standard InChI is InChI=1S/C11H9Cl3O2/c1-7-2-4-8(5-3-7)9(15)6-10(16)11(12,13)14/h2-5H,6H2,1H3. The van der Waals surface area contributed by atoms with E-state index in [1.54, 1.807) is 24.3 Å². The van der Waals surface area contributed by atoms with E-state index in [4.69, 9.17) is 34.8 Å². The average molecular weight is 280 g/mol. The van der Waals surface area contributed by atoms with E-state index in [0.29, 0.717) is 5.56 Å². The number of hydrogen-bond acceptors (Lipinski definition) is 2. The lowest BCUT2D eigenvalue weighted by atomic mass is 10.1. The normalized spacial score (nSPS) is 11.2. The third-order valence-electron chi connectivity index (χ3n) is 2.01. The van der Waals surface area contributed by atoms with E-state index in [-0.39, 0.29) is 5.78 Å². The van der Waals surface area contributed by atoms with Crippen molar-refractivity contribution in [2.24, 2.45) is 0 Å². The average Bonchev–Trinajstić information content (AvgIpc) is 2.17. The number of halogens is 3. The van der Waals surface area contributed by atoms with Crippen LogP contribution in [0.2, 0.25) is 0 Å². The van der Waals surface area contributed by atoms with Gasteiger partial charge in [-0.15, -0.1) is 0 Å². The number of hydrogen-bond donors (Lipinski definition) is 0. The molecule has 0 bridgehead atoms. The molecule has 2 nitrogen and oxygen atoms in total. The quantitative estimate of drug-likeness (QED) is 0.482. The van der Waals surface area contributed by atoms with Crippen molar-refractivity contribution >= 4 is 46.4 Å². The summed E-state index contributed by atoms with van der Waals surface area (Å²) in [5.41, 5.74) is 1.47. The molecule has 0 aromatic heterocycles. The number of Topliss-reactive ketones (excluding diaryl/α,β-unsaturated/α-hetero) is 2. The number of benzene rings is 1. The van der Waals surface area contributed by atoms with Crippen molar-refractivity contribution in [1.29, 1.82) is 0 Å². The smallest absolute Gasteiger partial charge is 0.249 e. The van der Waals surface area contributed by atoms with Gasteiger partial charge in [0.15, 0.2) is 11.6 Å². The number of alkyl halides is 3. The van der Waals surface area contributed by atoms with E-state index in [9.17, 15) is 9.59 Å². The topological polar surface area (TPSA) is 34.1 Å². The summed E-state index contributed by atoms with van der Waals surface area (Å²) in [5, 5.41) is 0. The summed E-state index contributed by atoms with van der Waals surface area (Å²) in [7, 11) is 0. The molecule has 0 saturated carbocycles. The second-order valence-corrected chi connectivity index (χ2v) is 5.67. The van der Waals surface area contributed by atoms with Crippen LogP contribution in [0.15, 0.2) is 24.3 Å². The van der Waals surface area contributed by atoms with Gasteiger partial charge in [0, 0.05) is 5.56 Å². The van der Waals surface area contributed by atoms with Gasteiger partial charge < -0.3 is 0 Å². The van der Waals surface area contributed by atoms with E-state index in [0.717, 1.165) is 5.56 Å². The Morgan fingerprint density at radius 1 is 1.12 bits per heavy atom. The molecule has 0 amide bonds. The summed E-state index contributed by atoms with van der Waals surface area (Å²) in [6, 6.07) is 6.85. The van der Waals surface area contributed by atoms with Gasteiger partial charge in [-0.3, -0.25) is 9.59 Å². The minimum absolute atomic E-state index is 0.351. The first-order valence-electron chi connectivity index (χ1n) is 4.50. The Morgan fingerprint density at radius 2 is 1.62 bits per heavy atom. The molecule has 1 aromatic rings. The van der Waals surface area contributed by atoms with Crippen LogP contribution >= 0.6 is 34.8 Å². The number of rotatable bonds is 3. The summed E-state index contributed by atoms with van der Waals surface area (Å²) in [6.45, 7) is 1.90. The lowest BCUT2D eigenvalue weighted by Crippen LogP contribution is -2.22. The SMILES string of the molecule is Cc1ccc(C(=O)CC(=O)C(Cl)(Cl)Cl)cc1. The summed E-state index contributed by atoms with van der Waals surface area (Å²) >= 11 is 16.1. The molecule has 0 aliphatic carbocycles. The van der Waals surface area contributed by atoms with Gasteiger partial charge in [0.2, 0.25) is 3.79 Å². The number of carbonyl (C=O) groups is 2. The van der Waals surface area contributed by atoms with Crippen molar-refractivity contribution in [2.75, 3.05) is 0 Å². The Balaban J connectivity index is 2.74. The first-order chi connectivity index (χ1) is 7.30. The van der Waals surface area contributed by atoms with Crippen molar-refractivity contribution in [3.05, 3.63) is 35.4 Å². The predicted octanol–water partition coefficient (Wildman–Crippen LogP) is 3.51. The molecule has 0 saturated heterocycles. The molecule has 0 aliphatic heterocycles. The van der Waals surface area contributed by atoms with Crippen LogP contribution in [-0.4, -0.2) is 15.4 Å². The van der Waals surface area contributed by atoms with E-state index in [1.807, 2.05) is 6.92 Å². The van der Waals surface area contributed by atoms with Crippen LogP contribution in [0.4, 0.5) is 0 Å². The number of carbonyl (C=O) groups excluding carboxylic acids is 2. The zero-order valence-corrected chi connectivity index (χ0v) is 10.7. The molecule has 0 aliphatic rings. The van der Waals surface area contributed by atoms with Gasteiger partial charge in [-0.2, -0.15) is 0 Å². The fourth-order valence-electron chi connectivity index (χ4n) is 1.09. The van der Waals surface area contributed by atoms with Crippen LogP contribution in [0, 0.1) is 6.92 Å². The van der Waals surface area contributed by atoms with Gasteiger partial charge in [-0.05, 0) is 6.92 Å². The lowest BCUT2D eigenvalue weighted by molar-refractivity contribution is -0.117. The zero-order chi connectivity index (χ0) is 12.3. The summed E-state index contributed by atoms with van der Waals surface area (Å²) in [4.78, 5) is 22.9. The fourth-order valence-corrected chi connectivity index (χ4v) is 1.29. The molecular formula is C11H9Cl3O2. The summed E-state index contributed by atoms with van der Waals surface area (Å²) < 4.78 is -2.03. The maximum absolute atomic E-state index is 11.6.